The fraction of sp³-hybridized carbons (Fsp3) is 0.435. The van der Waals surface area contributed by atoms with Gasteiger partial charge in [0, 0.05) is 26.2 Å². The number of ether oxygens (including phenoxy) is 2. The molecule has 2 aromatic rings. The molecule has 2 aliphatic heterocycles. The van der Waals surface area contributed by atoms with E-state index in [4.69, 9.17) is 9.47 Å². The van der Waals surface area contributed by atoms with Gasteiger partial charge in [0.1, 0.15) is 5.75 Å². The maximum Gasteiger partial charge on any atom is 0.263 e. The van der Waals surface area contributed by atoms with Crippen LogP contribution in [0.4, 0.5) is 5.69 Å². The fourth-order valence-corrected chi connectivity index (χ4v) is 5.04. The number of fused-ring (bicyclic) bond motifs is 1. The van der Waals surface area contributed by atoms with Gasteiger partial charge < -0.3 is 14.8 Å². The Morgan fingerprint density at radius 3 is 2.62 bits per heavy atom. The second kappa shape index (κ2) is 9.89. The number of hydrogen-bond donors (Lipinski definition) is 1. The average molecular weight is 460 g/mol. The highest BCUT2D eigenvalue weighted by molar-refractivity contribution is 7.92. The van der Waals surface area contributed by atoms with E-state index >= 15 is 0 Å². The smallest absolute Gasteiger partial charge is 0.263 e. The van der Waals surface area contributed by atoms with E-state index in [0.29, 0.717) is 18.0 Å². The second-order valence-corrected chi connectivity index (χ2v) is 10.1. The summed E-state index contributed by atoms with van der Waals surface area (Å²) in [6.45, 7) is 6.07. The van der Waals surface area contributed by atoms with Crippen molar-refractivity contribution in [2.75, 3.05) is 42.9 Å². The van der Waals surface area contributed by atoms with Crippen LogP contribution in [-0.4, -0.2) is 63.9 Å². The summed E-state index contributed by atoms with van der Waals surface area (Å²) in [5.41, 5.74) is 2.63. The van der Waals surface area contributed by atoms with Crippen molar-refractivity contribution in [1.29, 1.82) is 0 Å². The van der Waals surface area contributed by atoms with Crippen LogP contribution in [0.25, 0.3) is 0 Å². The van der Waals surface area contributed by atoms with Crippen molar-refractivity contribution in [1.82, 2.24) is 10.2 Å². The molecule has 2 aromatic carbocycles. The van der Waals surface area contributed by atoms with E-state index in [1.807, 2.05) is 12.1 Å². The molecule has 4 rings (SSSR count). The molecule has 1 N–H and O–H groups in total. The maximum atomic E-state index is 12.9. The Kier molecular flexibility index (Phi) is 6.98. The Balaban J connectivity index is 1.40. The molecule has 0 bridgehead atoms. The number of sulfonamides is 1. The molecule has 9 heteroatoms. The number of para-hydroxylation sites is 2. The van der Waals surface area contributed by atoms with Gasteiger partial charge in [-0.3, -0.25) is 14.0 Å². The van der Waals surface area contributed by atoms with Crippen molar-refractivity contribution in [2.45, 2.75) is 26.1 Å². The number of nitrogens with zero attached hydrogens (tertiary/aromatic N) is 2. The minimum absolute atomic E-state index is 0.0455. The molecular weight excluding hydrogens is 430 g/mol. The van der Waals surface area contributed by atoms with E-state index in [1.165, 1.54) is 9.87 Å². The van der Waals surface area contributed by atoms with Crippen molar-refractivity contribution in [3.63, 3.8) is 0 Å². The van der Waals surface area contributed by atoms with Crippen molar-refractivity contribution < 1.29 is 22.7 Å². The molecule has 32 heavy (non-hydrogen) atoms. The standard InChI is InChI=1S/C23H29N3O5S/c1-2-32(28,29)26-17-22(31-21-9-4-3-8-20(21)26)23(27)24-15-18-6-5-7-19(14-18)16-25-10-12-30-13-11-25/h3-9,14,22H,2,10-13,15-17H2,1H3,(H,24,27). The molecule has 0 saturated carbocycles. The van der Waals surface area contributed by atoms with Crippen LogP contribution >= 0.6 is 0 Å². The van der Waals surface area contributed by atoms with Gasteiger partial charge in [-0.15, -0.1) is 0 Å². The lowest BCUT2D eigenvalue weighted by Gasteiger charge is -2.34. The number of carbonyl (C=O) groups is 1. The molecule has 172 valence electrons. The molecule has 1 saturated heterocycles. The Morgan fingerprint density at radius 2 is 1.84 bits per heavy atom. The summed E-state index contributed by atoms with van der Waals surface area (Å²) >= 11 is 0. The van der Waals surface area contributed by atoms with Gasteiger partial charge in [0.05, 0.1) is 31.2 Å². The minimum atomic E-state index is -3.53. The second-order valence-electron chi connectivity index (χ2n) is 7.93. The first-order valence-corrected chi connectivity index (χ1v) is 12.5. The highest BCUT2D eigenvalue weighted by Crippen LogP contribution is 2.35. The summed E-state index contributed by atoms with van der Waals surface area (Å²) in [4.78, 5) is 15.2. The van der Waals surface area contributed by atoms with Gasteiger partial charge in [0.2, 0.25) is 10.0 Å². The van der Waals surface area contributed by atoms with E-state index in [0.717, 1.165) is 38.4 Å². The lowest BCUT2D eigenvalue weighted by atomic mass is 10.1. The van der Waals surface area contributed by atoms with Gasteiger partial charge in [-0.25, -0.2) is 8.42 Å². The molecule has 8 nitrogen and oxygen atoms in total. The van der Waals surface area contributed by atoms with E-state index in [2.05, 4.69) is 22.3 Å². The Morgan fingerprint density at radius 1 is 1.09 bits per heavy atom. The number of nitrogens with one attached hydrogen (secondary N) is 1. The van der Waals surface area contributed by atoms with E-state index in [-0.39, 0.29) is 18.2 Å². The third-order valence-electron chi connectivity index (χ3n) is 5.70. The van der Waals surface area contributed by atoms with E-state index in [1.54, 1.807) is 31.2 Å². The first kappa shape index (κ1) is 22.6. The Bertz CT molecular complexity index is 1050. The topological polar surface area (TPSA) is 88.2 Å². The predicted molar refractivity (Wildman–Crippen MR) is 122 cm³/mol. The van der Waals surface area contributed by atoms with E-state index in [9.17, 15) is 13.2 Å². The summed E-state index contributed by atoms with van der Waals surface area (Å²) < 4.78 is 37.7. The lowest BCUT2D eigenvalue weighted by molar-refractivity contribution is -0.127. The SMILES string of the molecule is CCS(=O)(=O)N1CC(C(=O)NCc2cccc(CN3CCOCC3)c2)Oc2ccccc21. The van der Waals surface area contributed by atoms with Crippen LogP contribution in [0.5, 0.6) is 5.75 Å². The van der Waals surface area contributed by atoms with Crippen molar-refractivity contribution >= 4 is 21.6 Å². The summed E-state index contributed by atoms with van der Waals surface area (Å²) in [6.07, 6.45) is -0.914. The van der Waals surface area contributed by atoms with Gasteiger partial charge in [-0.2, -0.15) is 0 Å². The molecule has 0 aromatic heterocycles. The van der Waals surface area contributed by atoms with Gasteiger partial charge in [-0.1, -0.05) is 36.4 Å². The van der Waals surface area contributed by atoms with Gasteiger partial charge in [0.25, 0.3) is 5.91 Å². The lowest BCUT2D eigenvalue weighted by Crippen LogP contribution is -2.50. The summed E-state index contributed by atoms with van der Waals surface area (Å²) in [6, 6.07) is 15.0. The molecule has 0 aliphatic carbocycles. The number of benzene rings is 2. The molecule has 0 radical (unpaired) electrons. The summed E-state index contributed by atoms with van der Waals surface area (Å²) in [5, 5.41) is 2.90. The van der Waals surface area contributed by atoms with Gasteiger partial charge in [-0.05, 0) is 30.2 Å². The molecule has 1 unspecified atom stereocenters. The van der Waals surface area contributed by atoms with Crippen LogP contribution in [-0.2, 0) is 32.6 Å². The molecule has 0 spiro atoms. The molecular formula is C23H29N3O5S. The third kappa shape index (κ3) is 5.23. The number of morpholine rings is 1. The third-order valence-corrected chi connectivity index (χ3v) is 7.44. The monoisotopic (exact) mass is 459 g/mol. The largest absolute Gasteiger partial charge is 0.476 e. The van der Waals surface area contributed by atoms with Gasteiger partial charge in [0.15, 0.2) is 6.10 Å². The highest BCUT2D eigenvalue weighted by Gasteiger charge is 2.35. The number of rotatable bonds is 7. The average Bonchev–Trinajstić information content (AvgIpc) is 2.82. The van der Waals surface area contributed by atoms with Crippen LogP contribution in [0.15, 0.2) is 48.5 Å². The number of carbonyl (C=O) groups excluding carboxylic acids is 1. The highest BCUT2D eigenvalue weighted by atomic mass is 32.2. The summed E-state index contributed by atoms with van der Waals surface area (Å²) in [5.74, 6) is 0.00355. The van der Waals surface area contributed by atoms with Crippen molar-refractivity contribution in [3.05, 3.63) is 59.7 Å². The van der Waals surface area contributed by atoms with E-state index < -0.39 is 16.1 Å². The van der Waals surface area contributed by atoms with Crippen LogP contribution in [0, 0.1) is 0 Å². The number of amides is 1. The zero-order chi connectivity index (χ0) is 22.6. The molecule has 1 amide bonds. The van der Waals surface area contributed by atoms with Crippen LogP contribution in [0.1, 0.15) is 18.1 Å². The molecule has 1 fully saturated rings. The number of hydrogen-bond acceptors (Lipinski definition) is 6. The predicted octanol–water partition coefficient (Wildman–Crippen LogP) is 1.75. The molecule has 2 heterocycles. The Hall–Kier alpha value is -2.62. The maximum absolute atomic E-state index is 12.9. The van der Waals surface area contributed by atoms with Crippen LogP contribution in [0.3, 0.4) is 0 Å². The first-order chi connectivity index (χ1) is 15.5. The van der Waals surface area contributed by atoms with Crippen molar-refractivity contribution in [3.8, 4) is 5.75 Å². The Labute approximate surface area is 189 Å². The molecule has 2 aliphatic rings. The van der Waals surface area contributed by atoms with Crippen LogP contribution in [0.2, 0.25) is 0 Å². The van der Waals surface area contributed by atoms with Gasteiger partial charge >= 0.3 is 0 Å². The molecule has 1 atom stereocenters. The number of anilines is 1. The van der Waals surface area contributed by atoms with Crippen molar-refractivity contribution in [2.24, 2.45) is 0 Å². The zero-order valence-electron chi connectivity index (χ0n) is 18.2. The fourth-order valence-electron chi connectivity index (χ4n) is 3.92. The zero-order valence-corrected chi connectivity index (χ0v) is 19.0. The summed E-state index contributed by atoms with van der Waals surface area (Å²) in [7, 11) is -3.53. The van der Waals surface area contributed by atoms with Crippen LogP contribution < -0.4 is 14.4 Å². The minimum Gasteiger partial charge on any atom is -0.476 e. The quantitative estimate of drug-likeness (QED) is 0.679. The normalized spacial score (nSPS) is 19.2. The first-order valence-electron chi connectivity index (χ1n) is 10.9.